The Labute approximate surface area is 179 Å². The van der Waals surface area contributed by atoms with E-state index in [1.54, 1.807) is 22.6 Å². The van der Waals surface area contributed by atoms with Gasteiger partial charge < -0.3 is 4.57 Å². The summed E-state index contributed by atoms with van der Waals surface area (Å²) >= 11 is 0. The Balaban J connectivity index is 1.51. The van der Waals surface area contributed by atoms with Crippen molar-refractivity contribution in [1.82, 2.24) is 18.8 Å². The maximum absolute atomic E-state index is 13.2. The Bertz CT molecular complexity index is 1120. The summed E-state index contributed by atoms with van der Waals surface area (Å²) in [6.45, 7) is 8.16. The number of aromatic nitrogens is 3. The predicted octanol–water partition coefficient (Wildman–Crippen LogP) is 4.04. The van der Waals surface area contributed by atoms with Gasteiger partial charge in [-0.1, -0.05) is 26.0 Å². The van der Waals surface area contributed by atoms with Crippen LogP contribution in [0.25, 0.3) is 11.2 Å². The van der Waals surface area contributed by atoms with Crippen molar-refractivity contribution in [3.05, 3.63) is 54.0 Å². The lowest BCUT2D eigenvalue weighted by molar-refractivity contribution is 0.245. The zero-order chi connectivity index (χ0) is 21.3. The molecular weight excluding hydrogens is 396 g/mol. The maximum atomic E-state index is 13.2. The van der Waals surface area contributed by atoms with Crippen LogP contribution in [0.4, 0.5) is 0 Å². The van der Waals surface area contributed by atoms with E-state index >= 15 is 0 Å². The van der Waals surface area contributed by atoms with Gasteiger partial charge in [-0.15, -0.1) is 0 Å². The number of fused-ring (bicyclic) bond motifs is 1. The predicted molar refractivity (Wildman–Crippen MR) is 119 cm³/mol. The molecule has 160 valence electrons. The monoisotopic (exact) mass is 426 g/mol. The van der Waals surface area contributed by atoms with Crippen LogP contribution in [0.1, 0.15) is 38.1 Å². The van der Waals surface area contributed by atoms with E-state index in [9.17, 15) is 8.42 Å². The van der Waals surface area contributed by atoms with Crippen LogP contribution >= 0.6 is 0 Å². The second-order valence-corrected chi connectivity index (χ2v) is 10.7. The first kappa shape index (κ1) is 21.0. The van der Waals surface area contributed by atoms with Gasteiger partial charge in [0, 0.05) is 25.8 Å². The number of imidazole rings is 1. The molecule has 1 atom stereocenters. The molecule has 1 aromatic carbocycles. The molecule has 1 saturated heterocycles. The molecule has 3 aromatic rings. The topological polar surface area (TPSA) is 68.1 Å². The van der Waals surface area contributed by atoms with E-state index in [0.717, 1.165) is 42.8 Å². The summed E-state index contributed by atoms with van der Waals surface area (Å²) < 4.78 is 30.3. The summed E-state index contributed by atoms with van der Waals surface area (Å²) in [6.07, 6.45) is 4.61. The van der Waals surface area contributed by atoms with Crippen LogP contribution in [0, 0.1) is 18.8 Å². The van der Waals surface area contributed by atoms with Gasteiger partial charge in [0.2, 0.25) is 10.0 Å². The third kappa shape index (κ3) is 4.27. The van der Waals surface area contributed by atoms with Crippen LogP contribution in [0.3, 0.4) is 0 Å². The number of benzene rings is 1. The summed E-state index contributed by atoms with van der Waals surface area (Å²) in [7, 11) is -3.48. The van der Waals surface area contributed by atoms with Crippen LogP contribution in [-0.4, -0.2) is 40.3 Å². The summed E-state index contributed by atoms with van der Waals surface area (Å²) in [4.78, 5) is 9.46. The molecule has 1 fully saturated rings. The number of nitrogens with zero attached hydrogens (tertiary/aromatic N) is 4. The lowest BCUT2D eigenvalue weighted by atomic mass is 9.99. The minimum atomic E-state index is -3.48. The fraction of sp³-hybridized carbons (Fsp3) is 0.478. The van der Waals surface area contributed by atoms with Crippen LogP contribution in [0.15, 0.2) is 47.5 Å². The Morgan fingerprint density at radius 3 is 2.67 bits per heavy atom. The molecule has 30 heavy (non-hydrogen) atoms. The second-order valence-electron chi connectivity index (χ2n) is 8.73. The highest BCUT2D eigenvalue weighted by atomic mass is 32.2. The maximum Gasteiger partial charge on any atom is 0.243 e. The van der Waals surface area contributed by atoms with Gasteiger partial charge in [-0.2, -0.15) is 4.31 Å². The SMILES string of the molecule is Cc1nc2cccnc2n1CC1CCCN(S(=O)(=O)c2ccc(CC(C)C)cc2)C1. The highest BCUT2D eigenvalue weighted by Crippen LogP contribution is 2.26. The Morgan fingerprint density at radius 1 is 1.17 bits per heavy atom. The molecule has 1 aliphatic heterocycles. The van der Waals surface area contributed by atoms with Gasteiger partial charge in [0.1, 0.15) is 11.3 Å². The lowest BCUT2D eigenvalue weighted by Gasteiger charge is -2.32. The molecule has 1 aliphatic rings. The summed E-state index contributed by atoms with van der Waals surface area (Å²) in [5.74, 6) is 1.71. The average Bonchev–Trinajstić information content (AvgIpc) is 3.03. The van der Waals surface area contributed by atoms with E-state index in [0.29, 0.717) is 23.9 Å². The van der Waals surface area contributed by atoms with Gasteiger partial charge in [0.05, 0.1) is 4.90 Å². The lowest BCUT2D eigenvalue weighted by Crippen LogP contribution is -2.41. The standard InChI is InChI=1S/C23H30N4O2S/c1-17(2)14-19-8-10-21(11-9-19)30(28,29)26-13-5-6-20(15-26)16-27-18(3)25-22-7-4-12-24-23(22)27/h4,7-12,17,20H,5-6,13-16H2,1-3H3. The largest absolute Gasteiger partial charge is 0.313 e. The number of rotatable bonds is 6. The Hall–Kier alpha value is -2.25. The molecule has 0 amide bonds. The van der Waals surface area contributed by atoms with Crippen LogP contribution in [-0.2, 0) is 23.0 Å². The minimum absolute atomic E-state index is 0.242. The number of hydrogen-bond donors (Lipinski definition) is 0. The third-order valence-corrected chi connectivity index (χ3v) is 7.70. The van der Waals surface area contributed by atoms with Crippen molar-refractivity contribution in [2.24, 2.45) is 11.8 Å². The molecule has 0 bridgehead atoms. The molecule has 0 aliphatic carbocycles. The van der Waals surface area contributed by atoms with E-state index < -0.39 is 10.0 Å². The molecule has 0 saturated carbocycles. The highest BCUT2D eigenvalue weighted by molar-refractivity contribution is 7.89. The van der Waals surface area contributed by atoms with Crippen molar-refractivity contribution >= 4 is 21.2 Å². The zero-order valence-corrected chi connectivity index (χ0v) is 18.8. The minimum Gasteiger partial charge on any atom is -0.313 e. The molecule has 2 aromatic heterocycles. The number of sulfonamides is 1. The fourth-order valence-corrected chi connectivity index (χ4v) is 5.92. The van der Waals surface area contributed by atoms with Gasteiger partial charge in [0.15, 0.2) is 5.65 Å². The molecule has 0 N–H and O–H groups in total. The number of hydrogen-bond acceptors (Lipinski definition) is 4. The van der Waals surface area contributed by atoms with Crippen molar-refractivity contribution in [3.8, 4) is 0 Å². The van der Waals surface area contributed by atoms with Crippen molar-refractivity contribution in [2.75, 3.05) is 13.1 Å². The van der Waals surface area contributed by atoms with Crippen molar-refractivity contribution in [3.63, 3.8) is 0 Å². The van der Waals surface area contributed by atoms with Crippen molar-refractivity contribution in [1.29, 1.82) is 0 Å². The normalized spacial score (nSPS) is 18.3. The van der Waals surface area contributed by atoms with Crippen LogP contribution < -0.4 is 0 Å². The summed E-state index contributed by atoms with van der Waals surface area (Å²) in [6, 6.07) is 11.3. The summed E-state index contributed by atoms with van der Waals surface area (Å²) in [5, 5.41) is 0. The first-order chi connectivity index (χ1) is 14.3. The van der Waals surface area contributed by atoms with Crippen molar-refractivity contribution in [2.45, 2.75) is 51.5 Å². The molecular formula is C23H30N4O2S. The molecule has 7 heteroatoms. The molecule has 0 spiro atoms. The molecule has 1 unspecified atom stereocenters. The van der Waals surface area contributed by atoms with Gasteiger partial charge in [0.25, 0.3) is 0 Å². The second kappa shape index (κ2) is 8.47. The Morgan fingerprint density at radius 2 is 1.93 bits per heavy atom. The molecule has 3 heterocycles. The molecule has 6 nitrogen and oxygen atoms in total. The zero-order valence-electron chi connectivity index (χ0n) is 18.0. The van der Waals surface area contributed by atoms with Crippen LogP contribution in [0.5, 0.6) is 0 Å². The third-order valence-electron chi connectivity index (χ3n) is 5.82. The smallest absolute Gasteiger partial charge is 0.243 e. The van der Waals surface area contributed by atoms with E-state index in [1.807, 2.05) is 31.2 Å². The molecule has 4 rings (SSSR count). The van der Waals surface area contributed by atoms with Crippen molar-refractivity contribution < 1.29 is 8.42 Å². The van der Waals surface area contributed by atoms with Gasteiger partial charge in [-0.05, 0) is 67.9 Å². The first-order valence-corrected chi connectivity index (χ1v) is 12.2. The number of pyridine rings is 1. The Kier molecular flexibility index (Phi) is 5.93. The summed E-state index contributed by atoms with van der Waals surface area (Å²) in [5.41, 5.74) is 2.93. The molecule has 0 radical (unpaired) electrons. The van der Waals surface area contributed by atoms with E-state index in [-0.39, 0.29) is 5.92 Å². The average molecular weight is 427 g/mol. The van der Waals surface area contributed by atoms with Gasteiger partial charge >= 0.3 is 0 Å². The van der Waals surface area contributed by atoms with Gasteiger partial charge in [-0.3, -0.25) is 0 Å². The fourth-order valence-electron chi connectivity index (χ4n) is 4.36. The first-order valence-electron chi connectivity index (χ1n) is 10.7. The van der Waals surface area contributed by atoms with E-state index in [1.165, 1.54) is 5.56 Å². The quantitative estimate of drug-likeness (QED) is 0.597. The van der Waals surface area contributed by atoms with Gasteiger partial charge in [-0.25, -0.2) is 18.4 Å². The number of piperidine rings is 1. The van der Waals surface area contributed by atoms with Crippen LogP contribution in [0.2, 0.25) is 0 Å². The number of aryl methyl sites for hydroxylation is 1. The van der Waals surface area contributed by atoms with E-state index in [2.05, 4.69) is 28.4 Å². The van der Waals surface area contributed by atoms with E-state index in [4.69, 9.17) is 0 Å². The highest BCUT2D eigenvalue weighted by Gasteiger charge is 2.31.